The number of aryl methyl sites for hydroxylation is 1. The number of hydrogen-bond donors (Lipinski definition) is 1. The summed E-state index contributed by atoms with van der Waals surface area (Å²) in [4.78, 5) is 8.01. The summed E-state index contributed by atoms with van der Waals surface area (Å²) in [7, 11) is 0. The minimum Gasteiger partial charge on any atom is -0.493 e. The molecule has 0 radical (unpaired) electrons. The Morgan fingerprint density at radius 3 is 2.68 bits per heavy atom. The molecule has 0 aliphatic carbocycles. The normalized spacial score (nSPS) is 11.3. The Kier molecular flexibility index (Phi) is 4.14. The van der Waals surface area contributed by atoms with Crippen molar-refractivity contribution >= 4 is 11.0 Å². The van der Waals surface area contributed by atoms with Crippen LogP contribution in [0.5, 0.6) is 5.75 Å². The maximum atomic E-state index is 5.87. The van der Waals surface area contributed by atoms with E-state index in [-0.39, 0.29) is 0 Å². The second-order valence-electron chi connectivity index (χ2n) is 6.11. The molecule has 1 N–H and O–H groups in total. The number of hydrogen-bond acceptors (Lipinski definition) is 2. The van der Waals surface area contributed by atoms with E-state index in [1.54, 1.807) is 0 Å². The van der Waals surface area contributed by atoms with Crippen LogP contribution in [0.15, 0.2) is 42.5 Å². The lowest BCUT2D eigenvalue weighted by atomic mass is 10.1. The molecule has 3 heteroatoms. The summed E-state index contributed by atoms with van der Waals surface area (Å²) in [5.74, 6) is 2.52. The Morgan fingerprint density at radius 2 is 1.95 bits per heavy atom. The number of aromatic nitrogens is 2. The molecule has 3 aromatic rings. The van der Waals surface area contributed by atoms with Crippen molar-refractivity contribution in [1.29, 1.82) is 0 Å². The van der Waals surface area contributed by atoms with Crippen molar-refractivity contribution in [2.45, 2.75) is 27.2 Å². The predicted octanol–water partition coefficient (Wildman–Crippen LogP) is 4.96. The van der Waals surface area contributed by atoms with Crippen LogP contribution in [0.25, 0.3) is 22.4 Å². The smallest absolute Gasteiger partial charge is 0.138 e. The molecule has 0 unspecified atom stereocenters. The van der Waals surface area contributed by atoms with Gasteiger partial charge in [0.05, 0.1) is 17.6 Å². The molecule has 0 fully saturated rings. The number of rotatable bonds is 5. The number of nitrogens with one attached hydrogen (secondary N) is 1. The fourth-order valence-electron chi connectivity index (χ4n) is 2.45. The molecule has 2 aromatic carbocycles. The molecule has 0 amide bonds. The standard InChI is InChI=1S/C19H22N2O/c1-13(2)10-11-22-18-9-8-15(12-14(18)3)19-20-16-6-4-5-7-17(16)21-19/h4-9,12-13H,10-11H2,1-3H3,(H,20,21). The first-order chi connectivity index (χ1) is 10.6. The third kappa shape index (κ3) is 3.14. The Hall–Kier alpha value is -2.29. The van der Waals surface area contributed by atoms with Crippen molar-refractivity contribution in [3.63, 3.8) is 0 Å². The van der Waals surface area contributed by atoms with Gasteiger partial charge in [0, 0.05) is 5.56 Å². The molecule has 1 aromatic heterocycles. The minimum absolute atomic E-state index is 0.662. The highest BCUT2D eigenvalue weighted by molar-refractivity contribution is 5.79. The molecule has 0 atom stereocenters. The van der Waals surface area contributed by atoms with Crippen LogP contribution in [0.2, 0.25) is 0 Å². The van der Waals surface area contributed by atoms with Gasteiger partial charge in [0.25, 0.3) is 0 Å². The van der Waals surface area contributed by atoms with Crippen LogP contribution < -0.4 is 4.74 Å². The van der Waals surface area contributed by atoms with E-state index in [1.165, 1.54) is 0 Å². The Labute approximate surface area is 131 Å². The molecule has 3 nitrogen and oxygen atoms in total. The molecule has 1 heterocycles. The lowest BCUT2D eigenvalue weighted by Gasteiger charge is -2.11. The summed E-state index contributed by atoms with van der Waals surface area (Å²) in [6, 6.07) is 14.3. The summed E-state index contributed by atoms with van der Waals surface area (Å²) in [5.41, 5.74) is 4.28. The second-order valence-corrected chi connectivity index (χ2v) is 6.11. The predicted molar refractivity (Wildman–Crippen MR) is 91.2 cm³/mol. The van der Waals surface area contributed by atoms with Crippen LogP contribution in [-0.4, -0.2) is 16.6 Å². The molecule has 0 bridgehead atoms. The summed E-state index contributed by atoms with van der Waals surface area (Å²) < 4.78 is 5.87. The first-order valence-corrected chi connectivity index (χ1v) is 7.82. The molecule has 114 valence electrons. The van der Waals surface area contributed by atoms with E-state index >= 15 is 0 Å². The summed E-state index contributed by atoms with van der Waals surface area (Å²) in [5, 5.41) is 0. The molecule has 0 saturated heterocycles. The first kappa shape index (κ1) is 14.6. The van der Waals surface area contributed by atoms with Gasteiger partial charge in [-0.25, -0.2) is 4.98 Å². The first-order valence-electron chi connectivity index (χ1n) is 7.82. The van der Waals surface area contributed by atoms with E-state index in [1.807, 2.05) is 30.3 Å². The van der Waals surface area contributed by atoms with E-state index in [0.717, 1.165) is 46.8 Å². The molecular weight excluding hydrogens is 272 g/mol. The average molecular weight is 294 g/mol. The van der Waals surface area contributed by atoms with Crippen LogP contribution >= 0.6 is 0 Å². The van der Waals surface area contributed by atoms with Crippen LogP contribution in [0.1, 0.15) is 25.8 Å². The number of imidazole rings is 1. The van der Waals surface area contributed by atoms with Gasteiger partial charge < -0.3 is 9.72 Å². The van der Waals surface area contributed by atoms with Crippen LogP contribution in [0.4, 0.5) is 0 Å². The van der Waals surface area contributed by atoms with Crippen molar-refractivity contribution < 1.29 is 4.74 Å². The van der Waals surface area contributed by atoms with Crippen LogP contribution in [0.3, 0.4) is 0 Å². The van der Waals surface area contributed by atoms with Gasteiger partial charge in [-0.3, -0.25) is 0 Å². The third-order valence-corrected chi connectivity index (χ3v) is 3.79. The van der Waals surface area contributed by atoms with Gasteiger partial charge in [0.2, 0.25) is 0 Å². The lowest BCUT2D eigenvalue weighted by Crippen LogP contribution is -2.02. The zero-order chi connectivity index (χ0) is 15.5. The van der Waals surface area contributed by atoms with E-state index in [4.69, 9.17) is 4.74 Å². The van der Waals surface area contributed by atoms with Crippen molar-refractivity contribution in [1.82, 2.24) is 9.97 Å². The number of H-pyrrole nitrogens is 1. The topological polar surface area (TPSA) is 37.9 Å². The number of ether oxygens (including phenoxy) is 1. The van der Waals surface area contributed by atoms with Crippen LogP contribution in [0, 0.1) is 12.8 Å². The SMILES string of the molecule is Cc1cc(-c2nc3ccccc3[nH]2)ccc1OCCC(C)C. The molecule has 22 heavy (non-hydrogen) atoms. The largest absolute Gasteiger partial charge is 0.493 e. The highest BCUT2D eigenvalue weighted by Crippen LogP contribution is 2.26. The summed E-state index contributed by atoms with van der Waals surface area (Å²) >= 11 is 0. The Bertz CT molecular complexity index is 741. The lowest BCUT2D eigenvalue weighted by molar-refractivity contribution is 0.288. The van der Waals surface area contributed by atoms with Gasteiger partial charge in [-0.2, -0.15) is 0 Å². The maximum Gasteiger partial charge on any atom is 0.138 e. The Balaban J connectivity index is 1.81. The monoisotopic (exact) mass is 294 g/mol. The van der Waals surface area contributed by atoms with E-state index in [9.17, 15) is 0 Å². The van der Waals surface area contributed by atoms with Crippen molar-refractivity contribution in [3.05, 3.63) is 48.0 Å². The third-order valence-electron chi connectivity index (χ3n) is 3.79. The number of nitrogens with zero attached hydrogens (tertiary/aromatic N) is 1. The van der Waals surface area contributed by atoms with E-state index in [2.05, 4.69) is 42.9 Å². The number of aromatic amines is 1. The molecule has 0 aliphatic rings. The second kappa shape index (κ2) is 6.22. The Morgan fingerprint density at radius 1 is 1.14 bits per heavy atom. The summed E-state index contributed by atoms with van der Waals surface area (Å²) in [6.07, 6.45) is 1.07. The van der Waals surface area contributed by atoms with Gasteiger partial charge in [-0.1, -0.05) is 26.0 Å². The molecule has 3 rings (SSSR count). The van der Waals surface area contributed by atoms with Gasteiger partial charge in [0.1, 0.15) is 11.6 Å². The highest BCUT2D eigenvalue weighted by atomic mass is 16.5. The van der Waals surface area contributed by atoms with Gasteiger partial charge in [-0.15, -0.1) is 0 Å². The van der Waals surface area contributed by atoms with Gasteiger partial charge >= 0.3 is 0 Å². The molecule has 0 saturated carbocycles. The van der Waals surface area contributed by atoms with Crippen molar-refractivity contribution in [2.75, 3.05) is 6.61 Å². The average Bonchev–Trinajstić information content (AvgIpc) is 2.92. The zero-order valence-electron chi connectivity index (χ0n) is 13.4. The number of benzene rings is 2. The quantitative estimate of drug-likeness (QED) is 0.722. The van der Waals surface area contributed by atoms with E-state index < -0.39 is 0 Å². The maximum absolute atomic E-state index is 5.87. The molecular formula is C19H22N2O. The summed E-state index contributed by atoms with van der Waals surface area (Å²) in [6.45, 7) is 7.27. The van der Waals surface area contributed by atoms with Crippen LogP contribution in [-0.2, 0) is 0 Å². The van der Waals surface area contributed by atoms with Gasteiger partial charge in [-0.05, 0) is 55.2 Å². The fraction of sp³-hybridized carbons (Fsp3) is 0.316. The number of para-hydroxylation sites is 2. The molecule has 0 aliphatic heterocycles. The number of fused-ring (bicyclic) bond motifs is 1. The fourth-order valence-corrected chi connectivity index (χ4v) is 2.45. The minimum atomic E-state index is 0.662. The highest BCUT2D eigenvalue weighted by Gasteiger charge is 2.07. The van der Waals surface area contributed by atoms with Gasteiger partial charge in [0.15, 0.2) is 0 Å². The van der Waals surface area contributed by atoms with E-state index in [0.29, 0.717) is 5.92 Å². The molecule has 0 spiro atoms. The zero-order valence-corrected chi connectivity index (χ0v) is 13.4. The van der Waals surface area contributed by atoms with Crippen molar-refractivity contribution in [2.24, 2.45) is 5.92 Å². The van der Waals surface area contributed by atoms with Crippen molar-refractivity contribution in [3.8, 4) is 17.1 Å².